The highest BCUT2D eigenvalue weighted by molar-refractivity contribution is 5.82. The van der Waals surface area contributed by atoms with Crippen LogP contribution in [-0.4, -0.2) is 34.6 Å². The van der Waals surface area contributed by atoms with Crippen molar-refractivity contribution in [1.29, 1.82) is 0 Å². The molecule has 1 aromatic carbocycles. The van der Waals surface area contributed by atoms with Gasteiger partial charge in [-0.05, 0) is 25.0 Å². The van der Waals surface area contributed by atoms with Crippen LogP contribution in [-0.2, 0) is 4.79 Å². The molecule has 1 aliphatic heterocycles. The lowest BCUT2D eigenvalue weighted by Gasteiger charge is -2.29. The maximum Gasteiger partial charge on any atom is 0.249 e. The number of carbonyl (C=O) groups is 1. The average molecular weight is 329 g/mol. The van der Waals surface area contributed by atoms with Crippen molar-refractivity contribution in [3.8, 4) is 17.1 Å². The summed E-state index contributed by atoms with van der Waals surface area (Å²) in [5, 5.41) is 4.08. The minimum absolute atomic E-state index is 0.117. The van der Waals surface area contributed by atoms with Crippen LogP contribution in [0.1, 0.15) is 45.5 Å². The van der Waals surface area contributed by atoms with Crippen molar-refractivity contribution in [3.63, 3.8) is 0 Å². The Morgan fingerprint density at radius 3 is 2.88 bits per heavy atom. The molecule has 1 aromatic heterocycles. The van der Waals surface area contributed by atoms with Gasteiger partial charge in [-0.15, -0.1) is 0 Å². The number of rotatable bonds is 3. The molecule has 1 saturated heterocycles. The number of benzene rings is 1. The summed E-state index contributed by atoms with van der Waals surface area (Å²) < 4.78 is 10.7. The van der Waals surface area contributed by atoms with Crippen molar-refractivity contribution in [2.45, 2.75) is 39.7 Å². The van der Waals surface area contributed by atoms with E-state index in [1.165, 1.54) is 0 Å². The van der Waals surface area contributed by atoms with Crippen LogP contribution in [0.25, 0.3) is 11.4 Å². The molecule has 3 rings (SSSR count). The van der Waals surface area contributed by atoms with Crippen LogP contribution < -0.4 is 4.74 Å². The molecule has 1 atom stereocenters. The molecular weight excluding hydrogens is 306 g/mol. The van der Waals surface area contributed by atoms with Gasteiger partial charge >= 0.3 is 0 Å². The summed E-state index contributed by atoms with van der Waals surface area (Å²) in [5.41, 5.74) is 0.411. The molecule has 1 amide bonds. The topological polar surface area (TPSA) is 68.5 Å². The molecule has 0 bridgehead atoms. The maximum absolute atomic E-state index is 12.6. The summed E-state index contributed by atoms with van der Waals surface area (Å²) in [6, 6.07) is 7.38. The van der Waals surface area contributed by atoms with Crippen LogP contribution >= 0.6 is 0 Å². The van der Waals surface area contributed by atoms with E-state index in [9.17, 15) is 4.79 Å². The van der Waals surface area contributed by atoms with Gasteiger partial charge in [0.25, 0.3) is 0 Å². The predicted molar refractivity (Wildman–Crippen MR) is 89.4 cm³/mol. The number of amides is 1. The first-order valence-corrected chi connectivity index (χ1v) is 8.19. The van der Waals surface area contributed by atoms with Gasteiger partial charge in [-0.25, -0.2) is 0 Å². The summed E-state index contributed by atoms with van der Waals surface area (Å²) in [6.45, 7) is 6.53. The Labute approximate surface area is 141 Å². The van der Waals surface area contributed by atoms with Crippen LogP contribution in [0.15, 0.2) is 28.8 Å². The second-order valence-corrected chi connectivity index (χ2v) is 7.09. The molecule has 1 fully saturated rings. The molecule has 128 valence electrons. The standard InChI is InChI=1S/C18H23N3O3/c1-18(2,3)17(22)21-10-6-9-14(21)16-19-15(20-24-16)12-7-5-8-13(11-12)23-4/h5,7-8,11,14H,6,9-10H2,1-4H3/t14-/m0/s1. The summed E-state index contributed by atoms with van der Waals surface area (Å²) in [6.07, 6.45) is 1.80. The maximum atomic E-state index is 12.6. The fourth-order valence-electron chi connectivity index (χ4n) is 2.95. The number of aromatic nitrogens is 2. The second-order valence-electron chi connectivity index (χ2n) is 7.09. The van der Waals surface area contributed by atoms with Crippen LogP contribution in [0.3, 0.4) is 0 Å². The van der Waals surface area contributed by atoms with Gasteiger partial charge in [0.2, 0.25) is 17.6 Å². The summed E-state index contributed by atoms with van der Waals surface area (Å²) >= 11 is 0. The first kappa shape index (κ1) is 16.5. The van der Waals surface area contributed by atoms with Crippen molar-refractivity contribution in [1.82, 2.24) is 15.0 Å². The number of carbonyl (C=O) groups excluding carboxylic acids is 1. The molecule has 2 aromatic rings. The first-order chi connectivity index (χ1) is 11.4. The van der Waals surface area contributed by atoms with Crippen LogP contribution in [0.2, 0.25) is 0 Å². The highest BCUT2D eigenvalue weighted by atomic mass is 16.5. The minimum atomic E-state index is -0.418. The number of hydrogen-bond donors (Lipinski definition) is 0. The third kappa shape index (κ3) is 3.13. The Morgan fingerprint density at radius 1 is 1.38 bits per heavy atom. The van der Waals surface area contributed by atoms with Gasteiger partial charge in [0.05, 0.1) is 7.11 Å². The zero-order valence-corrected chi connectivity index (χ0v) is 14.6. The van der Waals surface area contributed by atoms with Crippen molar-refractivity contribution in [3.05, 3.63) is 30.2 Å². The zero-order chi connectivity index (χ0) is 17.3. The first-order valence-electron chi connectivity index (χ1n) is 8.19. The summed E-state index contributed by atoms with van der Waals surface area (Å²) in [4.78, 5) is 19.0. The van der Waals surface area contributed by atoms with E-state index in [0.717, 1.165) is 30.7 Å². The smallest absolute Gasteiger partial charge is 0.249 e. The Bertz CT molecular complexity index is 733. The predicted octanol–water partition coefficient (Wildman–Crippen LogP) is 3.45. The molecule has 0 aliphatic carbocycles. The van der Waals surface area contributed by atoms with Crippen molar-refractivity contribution in [2.75, 3.05) is 13.7 Å². The van der Waals surface area contributed by atoms with Crippen molar-refractivity contribution in [2.24, 2.45) is 5.41 Å². The Balaban J connectivity index is 1.85. The number of hydrogen-bond acceptors (Lipinski definition) is 5. The van der Waals surface area contributed by atoms with Gasteiger partial charge in [0, 0.05) is 17.5 Å². The van der Waals surface area contributed by atoms with E-state index in [4.69, 9.17) is 9.26 Å². The Morgan fingerprint density at radius 2 is 2.17 bits per heavy atom. The molecule has 0 unspecified atom stereocenters. The van der Waals surface area contributed by atoms with Crippen LogP contribution in [0.5, 0.6) is 5.75 Å². The van der Waals surface area contributed by atoms with E-state index in [-0.39, 0.29) is 11.9 Å². The molecule has 0 spiro atoms. The van der Waals surface area contributed by atoms with Gasteiger partial charge < -0.3 is 14.2 Å². The van der Waals surface area contributed by atoms with E-state index < -0.39 is 5.41 Å². The second kappa shape index (κ2) is 6.26. The van der Waals surface area contributed by atoms with Gasteiger partial charge in [-0.3, -0.25) is 4.79 Å². The van der Waals surface area contributed by atoms with Crippen LogP contribution in [0.4, 0.5) is 0 Å². The number of nitrogens with zero attached hydrogens (tertiary/aromatic N) is 3. The van der Waals surface area contributed by atoms with E-state index in [1.54, 1.807) is 7.11 Å². The summed E-state index contributed by atoms with van der Waals surface area (Å²) in [7, 11) is 1.62. The number of likely N-dealkylation sites (tertiary alicyclic amines) is 1. The Hall–Kier alpha value is -2.37. The number of methoxy groups -OCH3 is 1. The SMILES string of the molecule is COc1cccc(-c2noc([C@@H]3CCCN3C(=O)C(C)(C)C)n2)c1. The van der Waals surface area contributed by atoms with E-state index >= 15 is 0 Å². The fourth-order valence-corrected chi connectivity index (χ4v) is 2.95. The zero-order valence-electron chi connectivity index (χ0n) is 14.6. The third-order valence-corrected chi connectivity index (χ3v) is 4.21. The molecule has 2 heterocycles. The lowest BCUT2D eigenvalue weighted by atomic mass is 9.94. The molecule has 0 N–H and O–H groups in total. The largest absolute Gasteiger partial charge is 0.497 e. The van der Waals surface area contributed by atoms with E-state index in [0.29, 0.717) is 11.7 Å². The molecule has 1 aliphatic rings. The molecule has 0 saturated carbocycles. The van der Waals surface area contributed by atoms with Crippen molar-refractivity contribution >= 4 is 5.91 Å². The average Bonchev–Trinajstić information content (AvgIpc) is 3.22. The van der Waals surface area contributed by atoms with Crippen molar-refractivity contribution < 1.29 is 14.1 Å². The number of ether oxygens (including phenoxy) is 1. The molecule has 6 nitrogen and oxygen atoms in total. The highest BCUT2D eigenvalue weighted by Crippen LogP contribution is 2.35. The summed E-state index contributed by atoms with van der Waals surface area (Å²) in [5.74, 6) is 1.87. The lowest BCUT2D eigenvalue weighted by molar-refractivity contribution is -0.140. The molecule has 6 heteroatoms. The highest BCUT2D eigenvalue weighted by Gasteiger charge is 2.38. The van der Waals surface area contributed by atoms with Gasteiger partial charge in [0.15, 0.2) is 0 Å². The monoisotopic (exact) mass is 329 g/mol. The van der Waals surface area contributed by atoms with Gasteiger partial charge in [0.1, 0.15) is 11.8 Å². The van der Waals surface area contributed by atoms with E-state index in [2.05, 4.69) is 10.1 Å². The Kier molecular flexibility index (Phi) is 4.30. The van der Waals surface area contributed by atoms with Crippen LogP contribution in [0, 0.1) is 5.41 Å². The van der Waals surface area contributed by atoms with Gasteiger partial charge in [-0.1, -0.05) is 38.1 Å². The third-order valence-electron chi connectivity index (χ3n) is 4.21. The minimum Gasteiger partial charge on any atom is -0.497 e. The lowest BCUT2D eigenvalue weighted by Crippen LogP contribution is -2.39. The fraction of sp³-hybridized carbons (Fsp3) is 0.500. The van der Waals surface area contributed by atoms with Gasteiger partial charge in [-0.2, -0.15) is 4.98 Å². The molecular formula is C18H23N3O3. The molecule has 24 heavy (non-hydrogen) atoms. The molecule has 0 radical (unpaired) electrons. The van der Waals surface area contributed by atoms with E-state index in [1.807, 2.05) is 49.9 Å². The normalized spacial score (nSPS) is 18.0. The quantitative estimate of drug-likeness (QED) is 0.862.